The van der Waals surface area contributed by atoms with Crippen molar-refractivity contribution in [3.05, 3.63) is 0 Å². The van der Waals surface area contributed by atoms with E-state index in [2.05, 4.69) is 55.4 Å². The lowest BCUT2D eigenvalue weighted by molar-refractivity contribution is -0.161. The second-order valence-electron chi connectivity index (χ2n) is 33.0. The predicted molar refractivity (Wildman–Crippen MR) is 437 cm³/mol. The Hall–Kier alpha value is -1.94. The molecule has 0 amide bonds. The van der Waals surface area contributed by atoms with E-state index in [1.54, 1.807) is 0 Å². The smallest absolute Gasteiger partial charge is 0.462 e. The highest BCUT2D eigenvalue weighted by Crippen LogP contribution is 2.45. The third-order valence-electron chi connectivity index (χ3n) is 20.7. The van der Waals surface area contributed by atoms with E-state index in [0.29, 0.717) is 31.6 Å². The third-order valence-corrected chi connectivity index (χ3v) is 22.6. The summed E-state index contributed by atoms with van der Waals surface area (Å²) in [4.78, 5) is 73.2. The Morgan fingerprint density at radius 2 is 0.453 bits per heavy atom. The van der Waals surface area contributed by atoms with Crippen molar-refractivity contribution >= 4 is 39.5 Å². The zero-order valence-electron chi connectivity index (χ0n) is 70.1. The van der Waals surface area contributed by atoms with E-state index in [-0.39, 0.29) is 25.7 Å². The van der Waals surface area contributed by atoms with E-state index in [1.165, 1.54) is 250 Å². The van der Waals surface area contributed by atoms with Crippen LogP contribution in [-0.2, 0) is 65.4 Å². The number of unbranched alkanes of at least 4 members (excludes halogenated alkanes) is 49. The number of aliphatic hydroxyl groups is 1. The van der Waals surface area contributed by atoms with E-state index in [0.717, 1.165) is 114 Å². The Labute approximate surface area is 651 Å². The van der Waals surface area contributed by atoms with Gasteiger partial charge in [-0.15, -0.1) is 0 Å². The van der Waals surface area contributed by atoms with Crippen LogP contribution >= 0.6 is 15.6 Å². The van der Waals surface area contributed by atoms with Crippen molar-refractivity contribution in [3.8, 4) is 0 Å². The van der Waals surface area contributed by atoms with Gasteiger partial charge in [0.1, 0.15) is 19.3 Å². The molecule has 0 saturated heterocycles. The van der Waals surface area contributed by atoms with Gasteiger partial charge in [-0.3, -0.25) is 37.3 Å². The summed E-state index contributed by atoms with van der Waals surface area (Å²) < 4.78 is 68.9. The average molecular weight is 1550 g/mol. The van der Waals surface area contributed by atoms with Gasteiger partial charge in [-0.1, -0.05) is 402 Å². The Kier molecular flexibility index (Phi) is 74.3. The van der Waals surface area contributed by atoms with Gasteiger partial charge >= 0.3 is 39.5 Å². The minimum atomic E-state index is -4.97. The number of carbonyl (C=O) groups excluding carboxylic acids is 4. The molecule has 0 radical (unpaired) electrons. The Bertz CT molecular complexity index is 2060. The summed E-state index contributed by atoms with van der Waals surface area (Å²) in [6.07, 6.45) is 65.5. The summed E-state index contributed by atoms with van der Waals surface area (Å²) in [5, 5.41) is 10.7. The molecular formula is C87H170O17P2. The molecule has 106 heavy (non-hydrogen) atoms. The molecular weight excluding hydrogens is 1380 g/mol. The highest BCUT2D eigenvalue weighted by molar-refractivity contribution is 7.47. The van der Waals surface area contributed by atoms with Crippen LogP contribution in [0.15, 0.2) is 0 Å². The van der Waals surface area contributed by atoms with Crippen LogP contribution in [0.5, 0.6) is 0 Å². The van der Waals surface area contributed by atoms with Gasteiger partial charge in [0.05, 0.1) is 26.4 Å². The maximum atomic E-state index is 13.1. The summed E-state index contributed by atoms with van der Waals surface area (Å²) >= 11 is 0. The maximum Gasteiger partial charge on any atom is 0.472 e. The van der Waals surface area contributed by atoms with Gasteiger partial charge in [0.25, 0.3) is 0 Å². The van der Waals surface area contributed by atoms with E-state index in [1.807, 2.05) is 0 Å². The van der Waals surface area contributed by atoms with Gasteiger partial charge in [0, 0.05) is 25.7 Å². The first-order chi connectivity index (χ1) is 51.1. The lowest BCUT2D eigenvalue weighted by atomic mass is 9.99. The predicted octanol–water partition coefficient (Wildman–Crippen LogP) is 26.3. The van der Waals surface area contributed by atoms with E-state index in [4.69, 9.17) is 37.0 Å². The molecule has 17 nitrogen and oxygen atoms in total. The summed E-state index contributed by atoms with van der Waals surface area (Å²) in [5.41, 5.74) is 0. The van der Waals surface area contributed by atoms with Crippen molar-refractivity contribution < 1.29 is 80.2 Å². The molecule has 0 aliphatic heterocycles. The Balaban J connectivity index is 5.17. The molecule has 630 valence electrons. The van der Waals surface area contributed by atoms with Crippen LogP contribution in [0.3, 0.4) is 0 Å². The number of phosphoric ester groups is 2. The van der Waals surface area contributed by atoms with Gasteiger partial charge in [-0.05, 0) is 49.4 Å². The van der Waals surface area contributed by atoms with Crippen molar-refractivity contribution in [2.75, 3.05) is 39.6 Å². The van der Waals surface area contributed by atoms with E-state index < -0.39 is 97.5 Å². The first-order valence-corrected chi connectivity index (χ1v) is 47.7. The van der Waals surface area contributed by atoms with Crippen LogP contribution in [0, 0.1) is 23.7 Å². The standard InChI is InChI=1S/C87H170O17P2/c1-9-80(8)66-58-50-41-35-29-23-19-15-11-13-17-21-25-31-38-44-53-61-69-86(91)103-82(73-97-84(89)67-59-51-42-36-32-26-28-34-40-48-56-64-78(4)5)75-101-105(93,94)99-71-81(88)72-100-106(95,96)102-76-83(74-98-85(90)68-60-52-46-45-49-57-65-79(6)7)104-87(92)70-62-54-43-37-30-24-20-16-12-10-14-18-22-27-33-39-47-55-63-77(2)3/h77-83,88H,9-76H2,1-8H3,(H,93,94)(H,95,96)/t80?,81?,82-,83-/m1/s1. The summed E-state index contributed by atoms with van der Waals surface area (Å²) in [7, 11) is -9.93. The highest BCUT2D eigenvalue weighted by atomic mass is 31.2. The Morgan fingerprint density at radius 3 is 0.670 bits per heavy atom. The minimum Gasteiger partial charge on any atom is -0.462 e. The van der Waals surface area contributed by atoms with Gasteiger partial charge in [-0.2, -0.15) is 0 Å². The topological polar surface area (TPSA) is 237 Å². The molecule has 0 fully saturated rings. The van der Waals surface area contributed by atoms with Gasteiger partial charge in [0.2, 0.25) is 0 Å². The Morgan fingerprint density at radius 1 is 0.264 bits per heavy atom. The third kappa shape index (κ3) is 78.7. The van der Waals surface area contributed by atoms with Crippen LogP contribution in [0.2, 0.25) is 0 Å². The van der Waals surface area contributed by atoms with Crippen molar-refractivity contribution in [2.45, 2.75) is 472 Å². The molecule has 6 atom stereocenters. The van der Waals surface area contributed by atoms with Crippen LogP contribution in [0.1, 0.15) is 453 Å². The fraction of sp³-hybridized carbons (Fsp3) is 0.954. The van der Waals surface area contributed by atoms with E-state index >= 15 is 0 Å². The lowest BCUT2D eigenvalue weighted by Gasteiger charge is -2.21. The molecule has 0 bridgehead atoms. The minimum absolute atomic E-state index is 0.107. The monoisotopic (exact) mass is 1550 g/mol. The molecule has 0 aromatic rings. The number of phosphoric acid groups is 2. The summed E-state index contributed by atoms with van der Waals surface area (Å²) in [5.74, 6) is 1.03. The number of aliphatic hydroxyl groups excluding tert-OH is 1. The van der Waals surface area contributed by atoms with Crippen molar-refractivity contribution in [1.29, 1.82) is 0 Å². The number of esters is 4. The van der Waals surface area contributed by atoms with Gasteiger partial charge in [0.15, 0.2) is 12.2 Å². The van der Waals surface area contributed by atoms with Gasteiger partial charge < -0.3 is 33.8 Å². The molecule has 0 aliphatic rings. The summed E-state index contributed by atoms with van der Waals surface area (Å²) in [6, 6.07) is 0. The second-order valence-corrected chi connectivity index (χ2v) is 35.9. The normalized spacial score (nSPS) is 14.2. The highest BCUT2D eigenvalue weighted by Gasteiger charge is 2.31. The summed E-state index contributed by atoms with van der Waals surface area (Å²) in [6.45, 7) is 14.3. The quantitative estimate of drug-likeness (QED) is 0.0222. The molecule has 0 saturated carbocycles. The largest absolute Gasteiger partial charge is 0.472 e. The fourth-order valence-corrected chi connectivity index (χ4v) is 15.0. The van der Waals surface area contributed by atoms with Crippen molar-refractivity contribution in [1.82, 2.24) is 0 Å². The van der Waals surface area contributed by atoms with Crippen LogP contribution < -0.4 is 0 Å². The van der Waals surface area contributed by atoms with Crippen molar-refractivity contribution in [3.63, 3.8) is 0 Å². The molecule has 0 heterocycles. The number of carbonyl (C=O) groups is 4. The molecule has 0 aliphatic carbocycles. The molecule has 4 unspecified atom stereocenters. The average Bonchev–Trinajstić information content (AvgIpc) is 0.902. The zero-order chi connectivity index (χ0) is 78.1. The number of rotatable bonds is 84. The molecule has 3 N–H and O–H groups in total. The maximum absolute atomic E-state index is 13.1. The van der Waals surface area contributed by atoms with Crippen LogP contribution in [-0.4, -0.2) is 96.7 Å². The lowest BCUT2D eigenvalue weighted by Crippen LogP contribution is -2.30. The molecule has 0 aromatic carbocycles. The van der Waals surface area contributed by atoms with Crippen LogP contribution in [0.4, 0.5) is 0 Å². The SMILES string of the molecule is CCC(C)CCCCCCCCCCCCCCCCCCCCC(=O)O[C@H](COC(=O)CCCCCCCCCCCCCC(C)C)COP(=O)(O)OCC(O)COP(=O)(O)OC[C@@H](COC(=O)CCCCCCCCC(C)C)OC(=O)CCCCCCCCCCCCCCCCCCCCC(C)C. The molecule has 0 rings (SSSR count). The molecule has 19 heteroatoms. The number of hydrogen-bond acceptors (Lipinski definition) is 15. The number of hydrogen-bond donors (Lipinski definition) is 3. The fourth-order valence-electron chi connectivity index (χ4n) is 13.5. The van der Waals surface area contributed by atoms with E-state index in [9.17, 15) is 43.2 Å². The second kappa shape index (κ2) is 75.7. The first-order valence-electron chi connectivity index (χ1n) is 44.7. The zero-order valence-corrected chi connectivity index (χ0v) is 71.9. The van der Waals surface area contributed by atoms with Crippen LogP contribution in [0.25, 0.3) is 0 Å². The molecule has 0 aromatic heterocycles. The molecule has 0 spiro atoms. The van der Waals surface area contributed by atoms with Gasteiger partial charge in [-0.25, -0.2) is 9.13 Å². The van der Waals surface area contributed by atoms with Crippen molar-refractivity contribution in [2.24, 2.45) is 23.7 Å². The number of ether oxygens (including phenoxy) is 4. The first kappa shape index (κ1) is 104.